The summed E-state index contributed by atoms with van der Waals surface area (Å²) in [4.78, 5) is 25.9. The third-order valence-electron chi connectivity index (χ3n) is 4.18. The van der Waals surface area contributed by atoms with Crippen LogP contribution in [0.5, 0.6) is 11.5 Å². The molecule has 1 aromatic carbocycles. The number of hydrogen-bond donors (Lipinski definition) is 2. The Morgan fingerprint density at radius 3 is 3.00 bits per heavy atom. The topological polar surface area (TPSA) is 79.9 Å². The van der Waals surface area contributed by atoms with E-state index >= 15 is 0 Å². The predicted octanol–water partition coefficient (Wildman–Crippen LogP) is 2.65. The van der Waals surface area contributed by atoms with Crippen LogP contribution in [-0.2, 0) is 4.79 Å². The Balaban J connectivity index is 1.33. The van der Waals surface area contributed by atoms with E-state index in [2.05, 4.69) is 10.6 Å². The third kappa shape index (κ3) is 3.39. The molecule has 0 bridgehead atoms. The second-order valence-corrected chi connectivity index (χ2v) is 6.87. The van der Waals surface area contributed by atoms with E-state index in [0.29, 0.717) is 31.0 Å². The molecule has 4 rings (SSSR count). The average Bonchev–Trinajstić information content (AvgIpc) is 3.33. The monoisotopic (exact) mass is 359 g/mol. The van der Waals surface area contributed by atoms with Gasteiger partial charge in [-0.25, -0.2) is 4.79 Å². The Bertz CT molecular complexity index is 793. The molecule has 2 aliphatic heterocycles. The van der Waals surface area contributed by atoms with Crippen molar-refractivity contribution in [2.75, 3.05) is 30.1 Å². The number of benzene rings is 1. The number of ether oxygens (including phenoxy) is 2. The molecule has 1 aromatic heterocycles. The quantitative estimate of drug-likeness (QED) is 0.880. The number of urea groups is 1. The SMILES string of the molecule is O=C(NCC1CC(=O)N(c2ccc3c(c2)OCO3)C1)Nc1cccs1. The van der Waals surface area contributed by atoms with Crippen molar-refractivity contribution in [3.8, 4) is 11.5 Å². The van der Waals surface area contributed by atoms with Gasteiger partial charge < -0.3 is 19.7 Å². The molecule has 1 atom stereocenters. The summed E-state index contributed by atoms with van der Waals surface area (Å²) >= 11 is 1.46. The Morgan fingerprint density at radius 1 is 1.28 bits per heavy atom. The number of hydrogen-bond acceptors (Lipinski definition) is 5. The van der Waals surface area contributed by atoms with Gasteiger partial charge in [0.15, 0.2) is 11.5 Å². The van der Waals surface area contributed by atoms with Crippen LogP contribution in [-0.4, -0.2) is 31.8 Å². The van der Waals surface area contributed by atoms with Crippen molar-refractivity contribution in [2.24, 2.45) is 5.92 Å². The highest BCUT2D eigenvalue weighted by atomic mass is 32.1. The number of carbonyl (C=O) groups excluding carboxylic acids is 2. The van der Waals surface area contributed by atoms with Crippen LogP contribution in [0.15, 0.2) is 35.7 Å². The van der Waals surface area contributed by atoms with E-state index in [9.17, 15) is 9.59 Å². The largest absolute Gasteiger partial charge is 0.454 e. The summed E-state index contributed by atoms with van der Waals surface area (Å²) in [5.74, 6) is 1.47. The first-order valence-corrected chi connectivity index (χ1v) is 8.85. The summed E-state index contributed by atoms with van der Waals surface area (Å²) in [5, 5.41) is 8.29. The Hall–Kier alpha value is -2.74. The first-order chi connectivity index (χ1) is 12.2. The predicted molar refractivity (Wildman–Crippen MR) is 94.4 cm³/mol. The standard InChI is InChI=1S/C17H17N3O4S/c21-16-6-11(8-18-17(22)19-15-2-1-5-25-15)9-20(16)12-3-4-13-14(7-12)24-10-23-13/h1-5,7,11H,6,8-10H2,(H2,18,19,22). The molecule has 2 N–H and O–H groups in total. The summed E-state index contributed by atoms with van der Waals surface area (Å²) in [6, 6.07) is 8.94. The van der Waals surface area contributed by atoms with Gasteiger partial charge in [0.05, 0.1) is 5.00 Å². The minimum Gasteiger partial charge on any atom is -0.454 e. The number of thiophene rings is 1. The van der Waals surface area contributed by atoms with Gasteiger partial charge in [-0.15, -0.1) is 11.3 Å². The highest BCUT2D eigenvalue weighted by molar-refractivity contribution is 7.14. The van der Waals surface area contributed by atoms with Crippen molar-refractivity contribution in [1.82, 2.24) is 5.32 Å². The van der Waals surface area contributed by atoms with E-state index in [4.69, 9.17) is 9.47 Å². The van der Waals surface area contributed by atoms with E-state index in [0.717, 1.165) is 10.7 Å². The molecule has 3 amide bonds. The van der Waals surface area contributed by atoms with E-state index in [-0.39, 0.29) is 24.6 Å². The summed E-state index contributed by atoms with van der Waals surface area (Å²) in [6.07, 6.45) is 0.410. The summed E-state index contributed by atoms with van der Waals surface area (Å²) < 4.78 is 10.7. The van der Waals surface area contributed by atoms with Crippen LogP contribution in [0.1, 0.15) is 6.42 Å². The van der Waals surface area contributed by atoms with Crippen molar-refractivity contribution in [3.63, 3.8) is 0 Å². The molecule has 1 fully saturated rings. The molecule has 3 heterocycles. The van der Waals surface area contributed by atoms with Gasteiger partial charge in [-0.3, -0.25) is 10.1 Å². The number of anilines is 2. The fraction of sp³-hybridized carbons (Fsp3) is 0.294. The van der Waals surface area contributed by atoms with Gasteiger partial charge in [0.2, 0.25) is 12.7 Å². The maximum absolute atomic E-state index is 12.3. The Labute approximate surface area is 148 Å². The molecular weight excluding hydrogens is 342 g/mol. The zero-order valence-corrected chi connectivity index (χ0v) is 14.2. The zero-order chi connectivity index (χ0) is 17.2. The van der Waals surface area contributed by atoms with Crippen LogP contribution >= 0.6 is 11.3 Å². The van der Waals surface area contributed by atoms with Crippen LogP contribution in [0, 0.1) is 5.92 Å². The molecule has 2 aromatic rings. The van der Waals surface area contributed by atoms with Crippen molar-refractivity contribution >= 4 is 34.0 Å². The minimum atomic E-state index is -0.253. The van der Waals surface area contributed by atoms with Gasteiger partial charge in [-0.1, -0.05) is 0 Å². The molecule has 1 saturated heterocycles. The lowest BCUT2D eigenvalue weighted by molar-refractivity contribution is -0.117. The summed E-state index contributed by atoms with van der Waals surface area (Å²) in [7, 11) is 0. The summed E-state index contributed by atoms with van der Waals surface area (Å²) in [5.41, 5.74) is 0.791. The molecule has 0 spiro atoms. The lowest BCUT2D eigenvalue weighted by atomic mass is 10.1. The number of amides is 3. The van der Waals surface area contributed by atoms with Crippen LogP contribution in [0.4, 0.5) is 15.5 Å². The van der Waals surface area contributed by atoms with Crippen LogP contribution in [0.3, 0.4) is 0 Å². The molecule has 2 aliphatic rings. The maximum atomic E-state index is 12.3. The molecule has 1 unspecified atom stereocenters. The van der Waals surface area contributed by atoms with Gasteiger partial charge in [-0.2, -0.15) is 0 Å². The highest BCUT2D eigenvalue weighted by Gasteiger charge is 2.31. The zero-order valence-electron chi connectivity index (χ0n) is 13.4. The Morgan fingerprint density at radius 2 is 2.16 bits per heavy atom. The van der Waals surface area contributed by atoms with Crippen LogP contribution < -0.4 is 25.0 Å². The van der Waals surface area contributed by atoms with Crippen molar-refractivity contribution in [2.45, 2.75) is 6.42 Å². The first kappa shape index (κ1) is 15.8. The normalized spacial score (nSPS) is 18.5. The van der Waals surface area contributed by atoms with Crippen LogP contribution in [0.25, 0.3) is 0 Å². The molecule has 0 radical (unpaired) electrons. The van der Waals surface area contributed by atoms with Gasteiger partial charge >= 0.3 is 6.03 Å². The number of fused-ring (bicyclic) bond motifs is 1. The minimum absolute atomic E-state index is 0.0457. The first-order valence-electron chi connectivity index (χ1n) is 7.97. The number of nitrogens with one attached hydrogen (secondary N) is 2. The second-order valence-electron chi connectivity index (χ2n) is 5.92. The average molecular weight is 359 g/mol. The number of nitrogens with zero attached hydrogens (tertiary/aromatic N) is 1. The van der Waals surface area contributed by atoms with Gasteiger partial charge in [0, 0.05) is 37.2 Å². The van der Waals surface area contributed by atoms with E-state index in [1.54, 1.807) is 4.90 Å². The molecule has 8 heteroatoms. The van der Waals surface area contributed by atoms with Crippen LogP contribution in [0.2, 0.25) is 0 Å². The van der Waals surface area contributed by atoms with E-state index < -0.39 is 0 Å². The van der Waals surface area contributed by atoms with Crippen molar-refractivity contribution in [3.05, 3.63) is 35.7 Å². The molecule has 0 aliphatic carbocycles. The van der Waals surface area contributed by atoms with E-state index in [1.807, 2.05) is 35.7 Å². The van der Waals surface area contributed by atoms with E-state index in [1.165, 1.54) is 11.3 Å². The van der Waals surface area contributed by atoms with Crippen molar-refractivity contribution < 1.29 is 19.1 Å². The molecule has 25 heavy (non-hydrogen) atoms. The fourth-order valence-electron chi connectivity index (χ4n) is 2.96. The number of carbonyl (C=O) groups is 2. The van der Waals surface area contributed by atoms with Gasteiger partial charge in [0.25, 0.3) is 0 Å². The lowest BCUT2D eigenvalue weighted by Crippen LogP contribution is -2.34. The molecular formula is C17H17N3O4S. The summed E-state index contributed by atoms with van der Waals surface area (Å²) in [6.45, 7) is 1.22. The molecule has 0 saturated carbocycles. The highest BCUT2D eigenvalue weighted by Crippen LogP contribution is 2.37. The number of rotatable bonds is 4. The smallest absolute Gasteiger partial charge is 0.319 e. The molecule has 130 valence electrons. The maximum Gasteiger partial charge on any atom is 0.319 e. The fourth-order valence-corrected chi connectivity index (χ4v) is 3.58. The Kier molecular flexibility index (Phi) is 4.19. The lowest BCUT2D eigenvalue weighted by Gasteiger charge is -2.17. The second kappa shape index (κ2) is 6.64. The van der Waals surface area contributed by atoms with Crippen molar-refractivity contribution in [1.29, 1.82) is 0 Å². The van der Waals surface area contributed by atoms with Gasteiger partial charge in [0.1, 0.15) is 0 Å². The third-order valence-corrected chi connectivity index (χ3v) is 4.97. The van der Waals surface area contributed by atoms with Gasteiger partial charge in [-0.05, 0) is 29.6 Å². The molecule has 7 nitrogen and oxygen atoms in total.